The molecule has 0 aliphatic rings. The minimum Gasteiger partial charge on any atom is -0.512 e. The van der Waals surface area contributed by atoms with Gasteiger partial charge in [-0.25, -0.2) is 0 Å². The summed E-state index contributed by atoms with van der Waals surface area (Å²) in [5.41, 5.74) is 0. The predicted octanol–water partition coefficient (Wildman–Crippen LogP) is 0.933. The van der Waals surface area contributed by atoms with Gasteiger partial charge in [0.05, 0.1) is 0 Å². The third-order valence-electron chi connectivity index (χ3n) is 1.28. The second kappa shape index (κ2) is 4.41. The van der Waals surface area contributed by atoms with Crippen molar-refractivity contribution in [3.05, 3.63) is 24.3 Å². The van der Waals surface area contributed by atoms with E-state index in [1.54, 1.807) is 0 Å². The second-order valence-electron chi connectivity index (χ2n) is 2.47. The molecule has 0 aliphatic carbocycles. The Balaban J connectivity index is 2.74. The normalized spacial score (nSPS) is 11.0. The average molecular weight is 222 g/mol. The Labute approximate surface area is 83.0 Å². The van der Waals surface area contributed by atoms with Crippen LogP contribution in [0.4, 0.5) is 13.2 Å². The molecular formula is C7H6BF3O4. The van der Waals surface area contributed by atoms with Crippen LogP contribution in [-0.4, -0.2) is 23.7 Å². The van der Waals surface area contributed by atoms with Gasteiger partial charge in [-0.3, -0.25) is 0 Å². The van der Waals surface area contributed by atoms with Crippen LogP contribution in [0.1, 0.15) is 0 Å². The molecule has 4 nitrogen and oxygen atoms in total. The fraction of sp³-hybridized carbons (Fsp3) is 0.143. The molecule has 82 valence electrons. The highest BCUT2D eigenvalue weighted by Crippen LogP contribution is 2.25. The van der Waals surface area contributed by atoms with E-state index in [9.17, 15) is 13.2 Å². The molecular weight excluding hydrogens is 216 g/mol. The molecule has 0 heterocycles. The molecule has 1 aromatic rings. The summed E-state index contributed by atoms with van der Waals surface area (Å²) >= 11 is 0. The lowest BCUT2D eigenvalue weighted by Gasteiger charge is -2.10. The standard InChI is InChI=1S/C7H6BF3O4/c9-7(10,11)14-5-2-1-3-6(4-5)15-8(12)13/h1-4,12-13H. The topological polar surface area (TPSA) is 58.9 Å². The molecule has 1 aromatic carbocycles. The van der Waals surface area contributed by atoms with Crippen LogP contribution in [0.2, 0.25) is 0 Å². The monoisotopic (exact) mass is 222 g/mol. The number of alkyl halides is 3. The van der Waals surface area contributed by atoms with Crippen molar-refractivity contribution in [2.45, 2.75) is 6.36 Å². The lowest BCUT2D eigenvalue weighted by atomic mass is 10.2. The summed E-state index contributed by atoms with van der Waals surface area (Å²) in [6, 6.07) is 4.42. The second-order valence-corrected chi connectivity index (χ2v) is 2.47. The van der Waals surface area contributed by atoms with Crippen LogP contribution in [0, 0.1) is 0 Å². The van der Waals surface area contributed by atoms with Crippen molar-refractivity contribution in [2.24, 2.45) is 0 Å². The van der Waals surface area contributed by atoms with Gasteiger partial charge in [0.15, 0.2) is 0 Å². The first-order chi connectivity index (χ1) is 6.87. The van der Waals surface area contributed by atoms with Crippen LogP contribution in [0.3, 0.4) is 0 Å². The maximum absolute atomic E-state index is 11.8. The highest BCUT2D eigenvalue weighted by Gasteiger charge is 2.31. The van der Waals surface area contributed by atoms with Crippen molar-refractivity contribution in [2.75, 3.05) is 0 Å². The van der Waals surface area contributed by atoms with Gasteiger partial charge in [0.1, 0.15) is 11.5 Å². The van der Waals surface area contributed by atoms with Gasteiger partial charge < -0.3 is 19.4 Å². The average Bonchev–Trinajstić information content (AvgIpc) is 1.99. The van der Waals surface area contributed by atoms with E-state index in [0.29, 0.717) is 0 Å². The minimum atomic E-state index is -4.80. The molecule has 2 N–H and O–H groups in total. The first-order valence-electron chi connectivity index (χ1n) is 3.75. The molecule has 0 spiro atoms. The number of hydrogen-bond acceptors (Lipinski definition) is 4. The Morgan fingerprint density at radius 2 is 1.73 bits per heavy atom. The Bertz CT molecular complexity index is 328. The summed E-state index contributed by atoms with van der Waals surface area (Å²) in [5.74, 6) is -0.646. The zero-order valence-corrected chi connectivity index (χ0v) is 7.23. The van der Waals surface area contributed by atoms with Crippen molar-refractivity contribution in [1.82, 2.24) is 0 Å². The number of halogens is 3. The number of rotatable bonds is 3. The van der Waals surface area contributed by atoms with Gasteiger partial charge in [-0.05, 0) is 12.1 Å². The lowest BCUT2D eigenvalue weighted by molar-refractivity contribution is -0.274. The van der Waals surface area contributed by atoms with Crippen molar-refractivity contribution in [3.8, 4) is 11.5 Å². The molecule has 0 aromatic heterocycles. The van der Waals surface area contributed by atoms with Gasteiger partial charge in [-0.1, -0.05) is 6.07 Å². The molecule has 0 saturated heterocycles. The van der Waals surface area contributed by atoms with Crippen LogP contribution in [0.25, 0.3) is 0 Å². The van der Waals surface area contributed by atoms with Crippen molar-refractivity contribution in [1.29, 1.82) is 0 Å². The molecule has 8 heteroatoms. The Kier molecular flexibility index (Phi) is 3.43. The smallest absolute Gasteiger partial charge is 0.512 e. The zero-order valence-electron chi connectivity index (χ0n) is 7.23. The third kappa shape index (κ3) is 4.57. The van der Waals surface area contributed by atoms with Crippen LogP contribution >= 0.6 is 0 Å². The summed E-state index contributed by atoms with van der Waals surface area (Å²) in [6.45, 7) is 0. The molecule has 0 aliphatic heterocycles. The largest absolute Gasteiger partial charge is 0.707 e. The van der Waals surface area contributed by atoms with E-state index in [1.165, 1.54) is 12.1 Å². The van der Waals surface area contributed by atoms with E-state index in [-0.39, 0.29) is 5.75 Å². The fourth-order valence-corrected chi connectivity index (χ4v) is 0.866. The fourth-order valence-electron chi connectivity index (χ4n) is 0.866. The highest BCUT2D eigenvalue weighted by molar-refractivity contribution is 6.33. The van der Waals surface area contributed by atoms with E-state index in [0.717, 1.165) is 12.1 Å². The van der Waals surface area contributed by atoms with Gasteiger partial charge in [-0.15, -0.1) is 13.2 Å². The molecule has 0 atom stereocenters. The first-order valence-corrected chi connectivity index (χ1v) is 3.75. The van der Waals surface area contributed by atoms with E-state index >= 15 is 0 Å². The molecule has 0 bridgehead atoms. The third-order valence-corrected chi connectivity index (χ3v) is 1.28. The van der Waals surface area contributed by atoms with Gasteiger partial charge in [0, 0.05) is 6.07 Å². The van der Waals surface area contributed by atoms with Gasteiger partial charge >= 0.3 is 13.7 Å². The first kappa shape index (κ1) is 11.7. The molecule has 0 radical (unpaired) electrons. The molecule has 0 fully saturated rings. The van der Waals surface area contributed by atoms with E-state index < -0.39 is 19.4 Å². The van der Waals surface area contributed by atoms with Crippen molar-refractivity contribution >= 4 is 7.32 Å². The van der Waals surface area contributed by atoms with Gasteiger partial charge in [0.25, 0.3) is 0 Å². The minimum absolute atomic E-state index is 0.147. The molecule has 0 unspecified atom stereocenters. The van der Waals surface area contributed by atoms with Gasteiger partial charge in [-0.2, -0.15) is 0 Å². The lowest BCUT2D eigenvalue weighted by Crippen LogP contribution is -2.21. The molecule has 15 heavy (non-hydrogen) atoms. The van der Waals surface area contributed by atoms with Crippen molar-refractivity contribution in [3.63, 3.8) is 0 Å². The summed E-state index contributed by atoms with van der Waals surface area (Å²) < 4.78 is 43.2. The van der Waals surface area contributed by atoms with Crippen LogP contribution in [-0.2, 0) is 0 Å². The predicted molar refractivity (Wildman–Crippen MR) is 43.9 cm³/mol. The SMILES string of the molecule is OB(O)Oc1cccc(OC(F)(F)F)c1. The van der Waals surface area contributed by atoms with Crippen LogP contribution in [0.15, 0.2) is 24.3 Å². The number of hydrogen-bond donors (Lipinski definition) is 2. The molecule has 0 amide bonds. The quantitative estimate of drug-likeness (QED) is 0.747. The van der Waals surface area contributed by atoms with Crippen LogP contribution < -0.4 is 9.39 Å². The Morgan fingerprint density at radius 3 is 2.27 bits per heavy atom. The maximum Gasteiger partial charge on any atom is 0.707 e. The van der Waals surface area contributed by atoms with Crippen molar-refractivity contribution < 1.29 is 32.6 Å². The number of benzene rings is 1. The summed E-state index contributed by atoms with van der Waals surface area (Å²) in [7, 11) is -2.09. The maximum atomic E-state index is 11.8. The van der Waals surface area contributed by atoms with Crippen LogP contribution in [0.5, 0.6) is 11.5 Å². The molecule has 1 rings (SSSR count). The zero-order chi connectivity index (χ0) is 11.5. The van der Waals surface area contributed by atoms with E-state index in [1.807, 2.05) is 0 Å². The summed E-state index contributed by atoms with van der Waals surface area (Å²) in [6.07, 6.45) is -4.80. The Hall–Kier alpha value is -1.41. The van der Waals surface area contributed by atoms with E-state index in [4.69, 9.17) is 10.0 Å². The summed E-state index contributed by atoms with van der Waals surface area (Å²) in [4.78, 5) is 0. The number of ether oxygens (including phenoxy) is 1. The molecule has 0 saturated carbocycles. The summed E-state index contributed by atoms with van der Waals surface area (Å²) in [5, 5.41) is 16.8. The van der Waals surface area contributed by atoms with Gasteiger partial charge in [0.2, 0.25) is 0 Å². The van der Waals surface area contributed by atoms with E-state index in [2.05, 4.69) is 9.39 Å². The highest BCUT2D eigenvalue weighted by atomic mass is 19.4. The Morgan fingerprint density at radius 1 is 1.13 bits per heavy atom.